The molecule has 1 saturated carbocycles. The molecule has 2 fully saturated rings. The number of anilines is 2. The Morgan fingerprint density at radius 3 is 2.75 bits per heavy atom. The van der Waals surface area contributed by atoms with E-state index in [4.69, 9.17) is 4.74 Å². The molecule has 3 amide bonds. The van der Waals surface area contributed by atoms with E-state index in [0.29, 0.717) is 17.4 Å². The summed E-state index contributed by atoms with van der Waals surface area (Å²) in [5.41, 5.74) is 1.44. The van der Waals surface area contributed by atoms with E-state index >= 15 is 0 Å². The van der Waals surface area contributed by atoms with Crippen LogP contribution in [0.15, 0.2) is 18.2 Å². The minimum atomic E-state index is -0.254. The molecule has 4 rings (SSSR count). The van der Waals surface area contributed by atoms with Gasteiger partial charge in [0.2, 0.25) is 5.91 Å². The van der Waals surface area contributed by atoms with Gasteiger partial charge in [-0.15, -0.1) is 0 Å². The SMILES string of the molecule is O=C(NCC1CCCO1)Nc1ccc2sc(NC(=O)C3CCCCC3)nc2c1. The van der Waals surface area contributed by atoms with E-state index in [1.54, 1.807) is 0 Å². The number of ether oxygens (including phenoxy) is 1. The van der Waals surface area contributed by atoms with Crippen LogP contribution in [0, 0.1) is 5.92 Å². The number of aromatic nitrogens is 1. The zero-order chi connectivity index (χ0) is 19.3. The van der Waals surface area contributed by atoms with Crippen molar-refractivity contribution in [1.29, 1.82) is 0 Å². The van der Waals surface area contributed by atoms with Gasteiger partial charge < -0.3 is 20.7 Å². The van der Waals surface area contributed by atoms with Crippen LogP contribution < -0.4 is 16.0 Å². The number of benzene rings is 1. The van der Waals surface area contributed by atoms with E-state index in [1.807, 2.05) is 18.2 Å². The first-order chi connectivity index (χ1) is 13.7. The van der Waals surface area contributed by atoms with Crippen LogP contribution >= 0.6 is 11.3 Å². The molecule has 7 nitrogen and oxygen atoms in total. The number of amides is 3. The standard InChI is InChI=1S/C20H26N4O3S/c25-18(13-5-2-1-3-6-13)24-20-23-16-11-14(8-9-17(16)28-20)22-19(26)21-12-15-7-4-10-27-15/h8-9,11,13,15H,1-7,10,12H2,(H2,21,22,26)(H,23,24,25). The molecule has 1 saturated heterocycles. The minimum Gasteiger partial charge on any atom is -0.376 e. The zero-order valence-electron chi connectivity index (χ0n) is 15.8. The Balaban J connectivity index is 1.34. The van der Waals surface area contributed by atoms with Crippen molar-refractivity contribution in [2.45, 2.75) is 51.0 Å². The predicted octanol–water partition coefficient (Wildman–Crippen LogP) is 4.12. The summed E-state index contributed by atoms with van der Waals surface area (Å²) in [6, 6.07) is 5.34. The maximum Gasteiger partial charge on any atom is 0.319 e. The number of nitrogens with zero attached hydrogens (tertiary/aromatic N) is 1. The van der Waals surface area contributed by atoms with Crippen molar-refractivity contribution >= 4 is 44.3 Å². The average Bonchev–Trinajstić information content (AvgIpc) is 3.36. The molecule has 1 aromatic carbocycles. The Morgan fingerprint density at radius 2 is 1.96 bits per heavy atom. The van der Waals surface area contributed by atoms with E-state index in [2.05, 4.69) is 20.9 Å². The van der Waals surface area contributed by atoms with E-state index in [0.717, 1.165) is 55.3 Å². The molecule has 0 bridgehead atoms. The molecule has 1 unspecified atom stereocenters. The summed E-state index contributed by atoms with van der Waals surface area (Å²) in [5.74, 6) is 0.177. The summed E-state index contributed by atoms with van der Waals surface area (Å²) in [4.78, 5) is 29.0. The smallest absolute Gasteiger partial charge is 0.319 e. The second kappa shape index (κ2) is 8.87. The number of carbonyl (C=O) groups excluding carboxylic acids is 2. The highest BCUT2D eigenvalue weighted by molar-refractivity contribution is 7.22. The van der Waals surface area contributed by atoms with Crippen molar-refractivity contribution in [1.82, 2.24) is 10.3 Å². The molecular weight excluding hydrogens is 376 g/mol. The first kappa shape index (κ1) is 19.1. The monoisotopic (exact) mass is 402 g/mol. The Labute approximate surface area is 168 Å². The number of thiazole rings is 1. The van der Waals surface area contributed by atoms with Crippen molar-refractivity contribution in [3.05, 3.63) is 18.2 Å². The number of hydrogen-bond acceptors (Lipinski definition) is 5. The largest absolute Gasteiger partial charge is 0.376 e. The Hall–Kier alpha value is -2.19. The fourth-order valence-corrected chi connectivity index (χ4v) is 4.67. The molecule has 2 aromatic rings. The molecule has 0 spiro atoms. The highest BCUT2D eigenvalue weighted by Crippen LogP contribution is 2.30. The number of nitrogens with one attached hydrogen (secondary N) is 3. The lowest BCUT2D eigenvalue weighted by atomic mass is 9.89. The Bertz CT molecular complexity index is 841. The highest BCUT2D eigenvalue weighted by Gasteiger charge is 2.22. The molecule has 8 heteroatoms. The summed E-state index contributed by atoms with van der Waals surface area (Å²) in [6.07, 6.45) is 7.56. The second-order valence-electron chi connectivity index (χ2n) is 7.50. The molecule has 1 aliphatic carbocycles. The maximum atomic E-state index is 12.4. The van der Waals surface area contributed by atoms with Crippen molar-refractivity contribution in [2.75, 3.05) is 23.8 Å². The van der Waals surface area contributed by atoms with Gasteiger partial charge in [0, 0.05) is 24.8 Å². The van der Waals surface area contributed by atoms with E-state index in [1.165, 1.54) is 17.8 Å². The lowest BCUT2D eigenvalue weighted by Gasteiger charge is -2.19. The van der Waals surface area contributed by atoms with E-state index in [9.17, 15) is 9.59 Å². The number of hydrogen-bond donors (Lipinski definition) is 3. The maximum absolute atomic E-state index is 12.4. The van der Waals surface area contributed by atoms with Gasteiger partial charge in [-0.3, -0.25) is 4.79 Å². The lowest BCUT2D eigenvalue weighted by Crippen LogP contribution is -2.34. The summed E-state index contributed by atoms with van der Waals surface area (Å²) in [7, 11) is 0. The van der Waals surface area contributed by atoms with Gasteiger partial charge in [0.1, 0.15) is 0 Å². The number of carbonyl (C=O) groups is 2. The molecule has 0 radical (unpaired) electrons. The molecule has 2 heterocycles. The number of rotatable bonds is 5. The third-order valence-electron chi connectivity index (χ3n) is 5.37. The van der Waals surface area contributed by atoms with Crippen molar-refractivity contribution < 1.29 is 14.3 Å². The highest BCUT2D eigenvalue weighted by atomic mass is 32.1. The van der Waals surface area contributed by atoms with Crippen LogP contribution in [0.3, 0.4) is 0 Å². The molecule has 2 aliphatic rings. The lowest BCUT2D eigenvalue weighted by molar-refractivity contribution is -0.120. The van der Waals surface area contributed by atoms with Crippen LogP contribution in [-0.2, 0) is 9.53 Å². The number of urea groups is 1. The minimum absolute atomic E-state index is 0.0746. The van der Waals surface area contributed by atoms with Crippen LogP contribution in [0.4, 0.5) is 15.6 Å². The van der Waals surface area contributed by atoms with Gasteiger partial charge in [0.15, 0.2) is 5.13 Å². The first-order valence-corrected chi connectivity index (χ1v) is 10.9. The fraction of sp³-hybridized carbons (Fsp3) is 0.550. The molecule has 1 aromatic heterocycles. The van der Waals surface area contributed by atoms with Gasteiger partial charge in [0.05, 0.1) is 16.3 Å². The molecule has 28 heavy (non-hydrogen) atoms. The van der Waals surface area contributed by atoms with Crippen LogP contribution in [-0.4, -0.2) is 36.2 Å². The molecular formula is C20H26N4O3S. The van der Waals surface area contributed by atoms with E-state index < -0.39 is 0 Å². The average molecular weight is 403 g/mol. The normalized spacial score (nSPS) is 20.2. The van der Waals surface area contributed by atoms with Gasteiger partial charge in [-0.2, -0.15) is 0 Å². The molecule has 1 atom stereocenters. The summed E-state index contributed by atoms with van der Waals surface area (Å²) < 4.78 is 6.48. The zero-order valence-corrected chi connectivity index (χ0v) is 16.6. The third kappa shape index (κ3) is 4.80. The van der Waals surface area contributed by atoms with Gasteiger partial charge in [0.25, 0.3) is 0 Å². The van der Waals surface area contributed by atoms with Gasteiger partial charge >= 0.3 is 6.03 Å². The number of fused-ring (bicyclic) bond motifs is 1. The van der Waals surface area contributed by atoms with Crippen LogP contribution in [0.25, 0.3) is 10.2 Å². The van der Waals surface area contributed by atoms with Crippen molar-refractivity contribution in [2.24, 2.45) is 5.92 Å². The summed E-state index contributed by atoms with van der Waals surface area (Å²) >= 11 is 1.46. The van der Waals surface area contributed by atoms with Gasteiger partial charge in [-0.25, -0.2) is 9.78 Å². The fourth-order valence-electron chi connectivity index (χ4n) is 3.82. The Kier molecular flexibility index (Phi) is 6.07. The quantitative estimate of drug-likeness (QED) is 0.702. The summed E-state index contributed by atoms with van der Waals surface area (Å²) in [6.45, 7) is 1.29. The molecule has 3 N–H and O–H groups in total. The predicted molar refractivity (Wildman–Crippen MR) is 111 cm³/mol. The summed E-state index contributed by atoms with van der Waals surface area (Å²) in [5, 5.41) is 9.25. The van der Waals surface area contributed by atoms with Crippen LogP contribution in [0.5, 0.6) is 0 Å². The molecule has 150 valence electrons. The van der Waals surface area contributed by atoms with Gasteiger partial charge in [-0.1, -0.05) is 30.6 Å². The Morgan fingerprint density at radius 1 is 1.11 bits per heavy atom. The van der Waals surface area contributed by atoms with E-state index in [-0.39, 0.29) is 24.0 Å². The van der Waals surface area contributed by atoms with Crippen molar-refractivity contribution in [3.63, 3.8) is 0 Å². The molecule has 1 aliphatic heterocycles. The third-order valence-corrected chi connectivity index (χ3v) is 6.32. The van der Waals surface area contributed by atoms with Crippen LogP contribution in [0.1, 0.15) is 44.9 Å². The van der Waals surface area contributed by atoms with Gasteiger partial charge in [-0.05, 0) is 43.9 Å². The first-order valence-electron chi connectivity index (χ1n) is 10.1. The van der Waals surface area contributed by atoms with Crippen molar-refractivity contribution in [3.8, 4) is 0 Å². The second-order valence-corrected chi connectivity index (χ2v) is 8.53. The topological polar surface area (TPSA) is 92.4 Å². The van der Waals surface area contributed by atoms with Crippen LogP contribution in [0.2, 0.25) is 0 Å².